The van der Waals surface area contributed by atoms with Crippen molar-refractivity contribution in [2.45, 2.75) is 25.9 Å². The van der Waals surface area contributed by atoms with Gasteiger partial charge in [-0.05, 0) is 13.8 Å². The Morgan fingerprint density at radius 1 is 0.700 bits per heavy atom. The topological polar surface area (TPSA) is 40.6 Å². The van der Waals surface area contributed by atoms with Crippen LogP contribution in [0.5, 0.6) is 0 Å². The predicted molar refractivity (Wildman–Crippen MR) is 111 cm³/mol. The number of likely N-dealkylation sites (N-methyl/N-ethyl adjacent to an activating group) is 2. The van der Waals surface area contributed by atoms with Crippen LogP contribution in [-0.2, 0) is 9.59 Å². The van der Waals surface area contributed by atoms with E-state index in [9.17, 15) is 9.59 Å². The second-order valence-corrected chi connectivity index (χ2v) is 9.82. The van der Waals surface area contributed by atoms with Crippen LogP contribution < -0.4 is 48.0 Å². The molecule has 0 aromatic carbocycles. The molecule has 0 N–H and O–H groups in total. The van der Waals surface area contributed by atoms with E-state index in [1.54, 1.807) is 0 Å². The van der Waals surface area contributed by atoms with Gasteiger partial charge in [-0.3, -0.25) is 9.59 Å². The fourth-order valence-corrected chi connectivity index (χ4v) is 4.25. The number of hydrogen-bond acceptors (Lipinski definition) is 2. The first-order valence-corrected chi connectivity index (χ1v) is 10.7. The van der Waals surface area contributed by atoms with Gasteiger partial charge < -0.3 is 66.7 Å². The largest absolute Gasteiger partial charge is 1.00 e. The van der Waals surface area contributed by atoms with Crippen molar-refractivity contribution in [3.05, 3.63) is 24.3 Å². The van der Waals surface area contributed by atoms with E-state index >= 15 is 0 Å². The Labute approximate surface area is 216 Å². The molecule has 0 radical (unpaired) electrons. The molecule has 6 aliphatic rings. The zero-order chi connectivity index (χ0) is 20.7. The van der Waals surface area contributed by atoms with Gasteiger partial charge in [0.05, 0.1) is 91.4 Å². The molecule has 6 rings (SSSR count). The average molecular weight is 644 g/mol. The number of amides is 2. The van der Waals surface area contributed by atoms with Crippen molar-refractivity contribution in [1.82, 2.24) is 9.80 Å². The van der Waals surface area contributed by atoms with Crippen LogP contribution in [0.2, 0.25) is 0 Å². The zero-order valence-corrected chi connectivity index (χ0v) is 23.5. The maximum Gasteiger partial charge on any atom is 0.232 e. The lowest BCUT2D eigenvalue weighted by atomic mass is 9.78. The number of hydrogen-bond donors (Lipinski definition) is 0. The van der Waals surface area contributed by atoms with Gasteiger partial charge in [-0.25, -0.2) is 0 Å². The minimum absolute atomic E-state index is 0. The molecule has 1 aliphatic carbocycles. The predicted octanol–water partition coefficient (Wildman–Crippen LogP) is -5.03. The van der Waals surface area contributed by atoms with E-state index in [-0.39, 0.29) is 83.7 Å². The fourth-order valence-electron chi connectivity index (χ4n) is 4.25. The van der Waals surface area contributed by atoms with Crippen LogP contribution in [0.4, 0.5) is 0 Å². The smallest absolute Gasteiger partial charge is 0.232 e. The standard InChI is InChI=1S/C22H38N4O2.2HI/c1-7-25(3,4)15-13-23-19-11-9-18(21(23)27)20-12-10-17(19)22(28)24(20)14-16-26(5,6)8-2;;/h9-12,17-20H,7-8,13-16H2,1-6H3;2*1H/q+2;;/p-2. The Morgan fingerprint density at radius 3 is 1.33 bits per heavy atom. The highest BCUT2D eigenvalue weighted by atomic mass is 127. The van der Waals surface area contributed by atoms with Gasteiger partial charge in [0.15, 0.2) is 0 Å². The normalized spacial score (nSPS) is 27.7. The van der Waals surface area contributed by atoms with Crippen LogP contribution in [0.15, 0.2) is 24.3 Å². The van der Waals surface area contributed by atoms with Crippen LogP contribution in [0, 0.1) is 11.8 Å². The molecule has 1 saturated heterocycles. The Bertz CT molecular complexity index is 635. The summed E-state index contributed by atoms with van der Waals surface area (Å²) < 4.78 is 1.75. The second-order valence-electron chi connectivity index (χ2n) is 9.82. The molecule has 5 heterocycles. The molecule has 6 nitrogen and oxygen atoms in total. The first-order chi connectivity index (χ1) is 13.1. The molecule has 0 spiro atoms. The van der Waals surface area contributed by atoms with E-state index in [0.717, 1.165) is 35.1 Å². The van der Waals surface area contributed by atoms with Gasteiger partial charge in [0.2, 0.25) is 11.8 Å². The molecule has 4 atom stereocenters. The van der Waals surface area contributed by atoms with Crippen LogP contribution in [-0.4, -0.2) is 110 Å². The summed E-state index contributed by atoms with van der Waals surface area (Å²) >= 11 is 0. The molecular formula is C22H38I2N4O2. The van der Waals surface area contributed by atoms with Gasteiger partial charge in [0.1, 0.15) is 0 Å². The summed E-state index contributed by atoms with van der Waals surface area (Å²) in [5.41, 5.74) is 0. The number of rotatable bonds is 8. The molecule has 5 aliphatic heterocycles. The van der Waals surface area contributed by atoms with Gasteiger partial charge in [0.25, 0.3) is 0 Å². The number of carbonyl (C=O) groups excluding carboxylic acids is 2. The van der Waals surface area contributed by atoms with E-state index in [1.165, 1.54) is 0 Å². The van der Waals surface area contributed by atoms with Crippen LogP contribution in [0.25, 0.3) is 0 Å². The summed E-state index contributed by atoms with van der Waals surface area (Å²) in [6.07, 6.45) is 8.34. The first kappa shape index (κ1) is 27.8. The molecule has 0 aromatic rings. The number of nitrogens with zero attached hydrogens (tertiary/aromatic N) is 4. The lowest BCUT2D eigenvalue weighted by Crippen LogP contribution is -3.00. The molecule has 2 amide bonds. The van der Waals surface area contributed by atoms with Crippen LogP contribution >= 0.6 is 0 Å². The Hall–Kier alpha value is -0.200. The van der Waals surface area contributed by atoms with E-state index in [1.807, 2.05) is 9.80 Å². The Kier molecular flexibility index (Phi) is 9.84. The molecule has 0 saturated carbocycles. The highest BCUT2D eigenvalue weighted by Gasteiger charge is 2.49. The number of quaternary nitrogens is 2. The van der Waals surface area contributed by atoms with Crippen molar-refractivity contribution in [1.29, 1.82) is 0 Å². The van der Waals surface area contributed by atoms with Crippen molar-refractivity contribution in [3.63, 3.8) is 0 Å². The fraction of sp³-hybridized carbons (Fsp3) is 0.727. The molecule has 8 heteroatoms. The first-order valence-electron chi connectivity index (χ1n) is 10.7. The molecule has 30 heavy (non-hydrogen) atoms. The molecule has 4 unspecified atom stereocenters. The summed E-state index contributed by atoms with van der Waals surface area (Å²) in [5, 5.41) is 0. The lowest BCUT2D eigenvalue weighted by Gasteiger charge is -2.50. The third-order valence-corrected chi connectivity index (χ3v) is 7.23. The molecule has 1 fully saturated rings. The monoisotopic (exact) mass is 644 g/mol. The summed E-state index contributed by atoms with van der Waals surface area (Å²) in [6, 6.07) is -0.302. The van der Waals surface area contributed by atoms with E-state index < -0.39 is 0 Å². The van der Waals surface area contributed by atoms with Crippen molar-refractivity contribution in [2.24, 2.45) is 11.8 Å². The summed E-state index contributed by atoms with van der Waals surface area (Å²) in [7, 11) is 8.76. The number of carbonyl (C=O) groups is 2. The van der Waals surface area contributed by atoms with Gasteiger partial charge in [0, 0.05) is 0 Å². The van der Waals surface area contributed by atoms with E-state index in [4.69, 9.17) is 0 Å². The van der Waals surface area contributed by atoms with E-state index in [0.29, 0.717) is 13.1 Å². The van der Waals surface area contributed by atoms with Crippen molar-refractivity contribution >= 4 is 11.8 Å². The quantitative estimate of drug-likeness (QED) is 0.151. The van der Waals surface area contributed by atoms with Gasteiger partial charge in [-0.2, -0.15) is 0 Å². The minimum atomic E-state index is -0.257. The Balaban J connectivity index is 0.00000225. The van der Waals surface area contributed by atoms with Crippen molar-refractivity contribution < 1.29 is 66.5 Å². The third-order valence-electron chi connectivity index (χ3n) is 7.23. The second kappa shape index (κ2) is 10.6. The third kappa shape index (κ3) is 5.58. The van der Waals surface area contributed by atoms with Gasteiger partial charge in [-0.15, -0.1) is 0 Å². The summed E-state index contributed by atoms with van der Waals surface area (Å²) in [6.45, 7) is 9.60. The highest BCUT2D eigenvalue weighted by molar-refractivity contribution is 5.91. The van der Waals surface area contributed by atoms with Gasteiger partial charge >= 0.3 is 0 Å². The van der Waals surface area contributed by atoms with E-state index in [2.05, 4.69) is 66.3 Å². The zero-order valence-electron chi connectivity index (χ0n) is 19.2. The maximum atomic E-state index is 13.4. The van der Waals surface area contributed by atoms with Crippen LogP contribution in [0.3, 0.4) is 0 Å². The average Bonchev–Trinajstić information content (AvgIpc) is 2.63. The van der Waals surface area contributed by atoms with Crippen LogP contribution in [0.1, 0.15) is 13.8 Å². The number of halogens is 2. The van der Waals surface area contributed by atoms with Crippen molar-refractivity contribution in [3.8, 4) is 0 Å². The molecule has 172 valence electrons. The molecule has 4 bridgehead atoms. The minimum Gasteiger partial charge on any atom is -1.00 e. The van der Waals surface area contributed by atoms with Crippen molar-refractivity contribution in [2.75, 3.05) is 67.5 Å². The summed E-state index contributed by atoms with van der Waals surface area (Å²) in [5.74, 6) is -0.145. The molecular weight excluding hydrogens is 606 g/mol. The molecule has 0 aromatic heterocycles. The van der Waals surface area contributed by atoms with Gasteiger partial charge in [-0.1, -0.05) is 24.3 Å². The highest BCUT2D eigenvalue weighted by Crippen LogP contribution is 2.36. The maximum absolute atomic E-state index is 13.4. The summed E-state index contributed by atoms with van der Waals surface area (Å²) in [4.78, 5) is 30.7. The Morgan fingerprint density at radius 2 is 1.03 bits per heavy atom. The lowest BCUT2D eigenvalue weighted by molar-refractivity contribution is -0.888. The SMILES string of the molecule is CC[N+](C)(C)CCN1C(=O)C2C=CC1C1C=CC2N(CC[N+](C)(C)CC)C1=O.[I-].[I-].